The molecular formula is C18H19N5O2S. The van der Waals surface area contributed by atoms with E-state index in [1.54, 1.807) is 28.6 Å². The van der Waals surface area contributed by atoms with Crippen molar-refractivity contribution < 1.29 is 4.79 Å². The van der Waals surface area contributed by atoms with E-state index in [0.717, 1.165) is 21.0 Å². The van der Waals surface area contributed by atoms with Crippen molar-refractivity contribution >= 4 is 23.4 Å². The Balaban J connectivity index is 1.80. The number of benzene rings is 1. The molecule has 0 aliphatic carbocycles. The third-order valence-electron chi connectivity index (χ3n) is 3.73. The van der Waals surface area contributed by atoms with Crippen LogP contribution in [-0.4, -0.2) is 31.7 Å². The molecule has 0 fully saturated rings. The van der Waals surface area contributed by atoms with E-state index in [1.165, 1.54) is 6.07 Å². The van der Waals surface area contributed by atoms with Crippen molar-refractivity contribution in [2.75, 3.05) is 11.6 Å². The van der Waals surface area contributed by atoms with E-state index in [4.69, 9.17) is 0 Å². The fraction of sp³-hybridized carbons (Fsp3) is 0.222. The van der Waals surface area contributed by atoms with Crippen molar-refractivity contribution in [1.29, 1.82) is 0 Å². The Kier molecular flexibility index (Phi) is 5.22. The van der Waals surface area contributed by atoms with Crippen LogP contribution >= 0.6 is 11.8 Å². The quantitative estimate of drug-likeness (QED) is 0.699. The van der Waals surface area contributed by atoms with Gasteiger partial charge in [-0.3, -0.25) is 9.59 Å². The molecule has 0 saturated carbocycles. The van der Waals surface area contributed by atoms with Gasteiger partial charge in [0.25, 0.3) is 5.56 Å². The molecule has 8 heteroatoms. The van der Waals surface area contributed by atoms with Crippen LogP contribution in [0, 0.1) is 13.8 Å². The first-order chi connectivity index (χ1) is 12.5. The maximum absolute atomic E-state index is 12.3. The van der Waals surface area contributed by atoms with Gasteiger partial charge in [0.2, 0.25) is 5.91 Å². The number of carbonyl (C=O) groups excluding carboxylic acids is 1. The van der Waals surface area contributed by atoms with E-state index >= 15 is 0 Å². The van der Waals surface area contributed by atoms with Crippen LogP contribution in [0.25, 0.3) is 5.82 Å². The molecule has 26 heavy (non-hydrogen) atoms. The Labute approximate surface area is 155 Å². The lowest BCUT2D eigenvalue weighted by atomic mass is 10.3. The van der Waals surface area contributed by atoms with Crippen LogP contribution in [0.1, 0.15) is 11.4 Å². The first-order valence-corrected chi connectivity index (χ1v) is 9.24. The van der Waals surface area contributed by atoms with E-state index in [9.17, 15) is 9.59 Å². The summed E-state index contributed by atoms with van der Waals surface area (Å²) >= 11 is 1.59. The summed E-state index contributed by atoms with van der Waals surface area (Å²) in [5.41, 5.74) is 2.10. The normalized spacial score (nSPS) is 10.7. The van der Waals surface area contributed by atoms with E-state index in [-0.39, 0.29) is 18.0 Å². The number of aryl methyl sites for hydroxylation is 2. The molecule has 1 aromatic carbocycles. The molecule has 0 unspecified atom stereocenters. The number of hydrogen-bond acceptors (Lipinski definition) is 5. The van der Waals surface area contributed by atoms with Gasteiger partial charge < -0.3 is 5.32 Å². The molecule has 0 aliphatic heterocycles. The van der Waals surface area contributed by atoms with Crippen molar-refractivity contribution in [3.63, 3.8) is 0 Å². The fourth-order valence-corrected chi connectivity index (χ4v) is 3.02. The molecule has 0 atom stereocenters. The van der Waals surface area contributed by atoms with Crippen molar-refractivity contribution in [3.8, 4) is 5.82 Å². The fourth-order valence-electron chi connectivity index (χ4n) is 2.56. The maximum Gasteiger partial charge on any atom is 0.267 e. The second-order valence-electron chi connectivity index (χ2n) is 5.81. The third kappa shape index (κ3) is 4.02. The number of aromatic nitrogens is 4. The summed E-state index contributed by atoms with van der Waals surface area (Å²) in [5.74, 6) is 0.177. The molecule has 134 valence electrons. The Morgan fingerprint density at radius 2 is 1.96 bits per heavy atom. The van der Waals surface area contributed by atoms with Gasteiger partial charge in [-0.15, -0.1) is 16.9 Å². The third-order valence-corrected chi connectivity index (χ3v) is 4.45. The first kappa shape index (κ1) is 17.9. The number of nitrogens with one attached hydrogen (secondary N) is 1. The second-order valence-corrected chi connectivity index (χ2v) is 6.69. The van der Waals surface area contributed by atoms with E-state index in [1.807, 2.05) is 44.4 Å². The number of hydrogen-bond donors (Lipinski definition) is 1. The summed E-state index contributed by atoms with van der Waals surface area (Å²) in [6, 6.07) is 12.4. The van der Waals surface area contributed by atoms with Crippen LogP contribution in [0.4, 0.5) is 5.69 Å². The van der Waals surface area contributed by atoms with Gasteiger partial charge in [-0.25, -0.2) is 9.36 Å². The molecular weight excluding hydrogens is 350 g/mol. The lowest BCUT2D eigenvalue weighted by Crippen LogP contribution is -2.30. The minimum absolute atomic E-state index is 0.171. The molecule has 2 aromatic heterocycles. The second kappa shape index (κ2) is 7.57. The highest BCUT2D eigenvalue weighted by Gasteiger charge is 2.10. The van der Waals surface area contributed by atoms with E-state index < -0.39 is 0 Å². The Morgan fingerprint density at radius 3 is 2.65 bits per heavy atom. The summed E-state index contributed by atoms with van der Waals surface area (Å²) in [7, 11) is 0. The zero-order valence-corrected chi connectivity index (χ0v) is 15.6. The van der Waals surface area contributed by atoms with Crippen LogP contribution in [0.5, 0.6) is 0 Å². The van der Waals surface area contributed by atoms with Crippen LogP contribution in [0.15, 0.2) is 52.2 Å². The number of thioether (sulfide) groups is 1. The molecule has 1 amide bonds. The van der Waals surface area contributed by atoms with Gasteiger partial charge in [-0.1, -0.05) is 6.07 Å². The Hall–Kier alpha value is -2.87. The monoisotopic (exact) mass is 369 g/mol. The highest BCUT2D eigenvalue weighted by molar-refractivity contribution is 7.98. The zero-order chi connectivity index (χ0) is 18.7. The highest BCUT2D eigenvalue weighted by atomic mass is 32.2. The standard InChI is InChI=1S/C18H19N5O2S/c1-12-9-13(2)23(20-12)16-7-8-18(25)22(21-16)11-17(24)19-14-5-4-6-15(10-14)26-3/h4-10H,11H2,1-3H3,(H,19,24). The maximum atomic E-state index is 12.3. The average molecular weight is 369 g/mol. The molecule has 0 aliphatic rings. The van der Waals surface area contributed by atoms with Crippen molar-refractivity contribution in [1.82, 2.24) is 19.6 Å². The van der Waals surface area contributed by atoms with Gasteiger partial charge in [0.15, 0.2) is 5.82 Å². The molecule has 0 radical (unpaired) electrons. The number of anilines is 1. The Morgan fingerprint density at radius 1 is 1.15 bits per heavy atom. The lowest BCUT2D eigenvalue weighted by molar-refractivity contribution is -0.117. The van der Waals surface area contributed by atoms with Crippen LogP contribution < -0.4 is 10.9 Å². The molecule has 7 nitrogen and oxygen atoms in total. The van der Waals surface area contributed by atoms with Gasteiger partial charge in [-0.05, 0) is 50.4 Å². The molecule has 0 saturated heterocycles. The van der Waals surface area contributed by atoms with Crippen LogP contribution in [0.2, 0.25) is 0 Å². The highest BCUT2D eigenvalue weighted by Crippen LogP contribution is 2.18. The minimum Gasteiger partial charge on any atom is -0.324 e. The molecule has 0 spiro atoms. The van der Waals surface area contributed by atoms with E-state index in [2.05, 4.69) is 15.5 Å². The average Bonchev–Trinajstić information content (AvgIpc) is 2.95. The number of rotatable bonds is 5. The van der Waals surface area contributed by atoms with Gasteiger partial charge in [0, 0.05) is 22.3 Å². The zero-order valence-electron chi connectivity index (χ0n) is 14.8. The summed E-state index contributed by atoms with van der Waals surface area (Å²) in [5, 5.41) is 11.4. The topological polar surface area (TPSA) is 81.8 Å². The van der Waals surface area contributed by atoms with E-state index in [0.29, 0.717) is 11.5 Å². The summed E-state index contributed by atoms with van der Waals surface area (Å²) in [4.78, 5) is 25.4. The summed E-state index contributed by atoms with van der Waals surface area (Å²) in [6.45, 7) is 3.62. The van der Waals surface area contributed by atoms with Crippen molar-refractivity contribution in [2.45, 2.75) is 25.3 Å². The minimum atomic E-state index is -0.344. The number of carbonyl (C=O) groups is 1. The molecule has 3 aromatic rings. The van der Waals surface area contributed by atoms with Gasteiger partial charge in [-0.2, -0.15) is 5.10 Å². The molecule has 3 rings (SSSR count). The largest absolute Gasteiger partial charge is 0.324 e. The van der Waals surface area contributed by atoms with Gasteiger partial charge >= 0.3 is 0 Å². The first-order valence-electron chi connectivity index (χ1n) is 8.02. The summed E-state index contributed by atoms with van der Waals surface area (Å²) < 4.78 is 2.78. The predicted octanol–water partition coefficient (Wildman–Crippen LogP) is 2.41. The van der Waals surface area contributed by atoms with Crippen LogP contribution in [-0.2, 0) is 11.3 Å². The molecule has 2 heterocycles. The number of nitrogens with zero attached hydrogens (tertiary/aromatic N) is 4. The Bertz CT molecular complexity index is 1010. The van der Waals surface area contributed by atoms with Crippen LogP contribution in [0.3, 0.4) is 0 Å². The van der Waals surface area contributed by atoms with Gasteiger partial charge in [0.05, 0.1) is 5.69 Å². The molecule has 1 N–H and O–H groups in total. The van der Waals surface area contributed by atoms with Crippen molar-refractivity contribution in [3.05, 3.63) is 64.2 Å². The van der Waals surface area contributed by atoms with Crippen molar-refractivity contribution in [2.24, 2.45) is 0 Å². The number of amides is 1. The summed E-state index contributed by atoms with van der Waals surface area (Å²) in [6.07, 6.45) is 1.97. The lowest BCUT2D eigenvalue weighted by Gasteiger charge is -2.09. The van der Waals surface area contributed by atoms with Gasteiger partial charge in [0.1, 0.15) is 6.54 Å². The molecule has 0 bridgehead atoms. The smallest absolute Gasteiger partial charge is 0.267 e. The predicted molar refractivity (Wildman–Crippen MR) is 102 cm³/mol. The SMILES string of the molecule is CSc1cccc(NC(=O)Cn2nc(-n3nc(C)cc3C)ccc2=O)c1.